The zero-order valence-electron chi connectivity index (χ0n) is 14.2. The van der Waals surface area contributed by atoms with Gasteiger partial charge in [0.1, 0.15) is 4.21 Å². The Bertz CT molecular complexity index is 1060. The standard InChI is InChI=1S/C17H18N4O3S2/c1-12-2-5-16(25-12)26(23,24)21-8-6-20(7-9-21)17(22)13-3-4-14-15(10-13)19-11-18-14/h2-5,10-11H,6-9H2,1H3,(H,18,19). The summed E-state index contributed by atoms with van der Waals surface area (Å²) in [7, 11) is -3.48. The minimum Gasteiger partial charge on any atom is -0.345 e. The molecular formula is C17H18N4O3S2. The molecule has 1 aromatic carbocycles. The van der Waals surface area contributed by atoms with Gasteiger partial charge < -0.3 is 9.88 Å². The average Bonchev–Trinajstić information content (AvgIpc) is 3.29. The number of imidazole rings is 1. The molecule has 3 aromatic rings. The van der Waals surface area contributed by atoms with Gasteiger partial charge in [0.15, 0.2) is 0 Å². The molecule has 1 N–H and O–H groups in total. The van der Waals surface area contributed by atoms with Gasteiger partial charge in [0.05, 0.1) is 17.4 Å². The van der Waals surface area contributed by atoms with Crippen molar-refractivity contribution in [2.24, 2.45) is 0 Å². The van der Waals surface area contributed by atoms with Crippen LogP contribution in [0.1, 0.15) is 15.2 Å². The van der Waals surface area contributed by atoms with E-state index in [9.17, 15) is 13.2 Å². The summed E-state index contributed by atoms with van der Waals surface area (Å²) < 4.78 is 27.2. The summed E-state index contributed by atoms with van der Waals surface area (Å²) >= 11 is 1.27. The Kier molecular flexibility index (Phi) is 4.29. The fraction of sp³-hybridized carbons (Fsp3) is 0.294. The second kappa shape index (κ2) is 6.49. The fourth-order valence-electron chi connectivity index (χ4n) is 3.06. The number of fused-ring (bicyclic) bond motifs is 1. The van der Waals surface area contributed by atoms with Crippen LogP contribution in [0.15, 0.2) is 40.9 Å². The van der Waals surface area contributed by atoms with E-state index in [-0.39, 0.29) is 5.91 Å². The van der Waals surface area contributed by atoms with Crippen molar-refractivity contribution in [1.82, 2.24) is 19.2 Å². The lowest BCUT2D eigenvalue weighted by Crippen LogP contribution is -2.50. The van der Waals surface area contributed by atoms with Crippen molar-refractivity contribution >= 4 is 38.3 Å². The third-order valence-electron chi connectivity index (χ3n) is 4.50. The molecule has 0 saturated carbocycles. The van der Waals surface area contributed by atoms with Gasteiger partial charge in [0.2, 0.25) is 0 Å². The van der Waals surface area contributed by atoms with Crippen molar-refractivity contribution < 1.29 is 13.2 Å². The molecule has 1 aliphatic heterocycles. The normalized spacial score (nSPS) is 16.3. The Morgan fingerprint density at radius 1 is 1.15 bits per heavy atom. The molecular weight excluding hydrogens is 372 g/mol. The Balaban J connectivity index is 1.46. The molecule has 1 fully saturated rings. The van der Waals surface area contributed by atoms with Gasteiger partial charge in [-0.1, -0.05) is 0 Å². The van der Waals surface area contributed by atoms with Gasteiger partial charge in [-0.3, -0.25) is 4.79 Å². The van der Waals surface area contributed by atoms with Gasteiger partial charge in [-0.2, -0.15) is 4.31 Å². The molecule has 4 rings (SSSR count). The Morgan fingerprint density at radius 2 is 1.92 bits per heavy atom. The van der Waals surface area contributed by atoms with Crippen LogP contribution in [-0.4, -0.2) is 59.7 Å². The number of thiophene rings is 1. The molecule has 0 spiro atoms. The second-order valence-corrected chi connectivity index (χ2v) is 9.65. The third kappa shape index (κ3) is 3.02. The van der Waals surface area contributed by atoms with E-state index in [1.165, 1.54) is 15.6 Å². The third-order valence-corrected chi connectivity index (χ3v) is 7.87. The first-order chi connectivity index (χ1) is 12.4. The smallest absolute Gasteiger partial charge is 0.254 e. The molecule has 136 valence electrons. The van der Waals surface area contributed by atoms with E-state index in [0.717, 1.165) is 15.9 Å². The number of sulfonamides is 1. The van der Waals surface area contributed by atoms with Crippen LogP contribution in [-0.2, 0) is 10.0 Å². The maximum atomic E-state index is 12.7. The van der Waals surface area contributed by atoms with Crippen molar-refractivity contribution in [3.8, 4) is 0 Å². The first kappa shape index (κ1) is 17.2. The quantitative estimate of drug-likeness (QED) is 0.742. The average molecular weight is 390 g/mol. The molecule has 0 unspecified atom stereocenters. The molecule has 0 aliphatic carbocycles. The molecule has 2 aromatic heterocycles. The molecule has 0 radical (unpaired) electrons. The van der Waals surface area contributed by atoms with Crippen molar-refractivity contribution in [3.05, 3.63) is 47.1 Å². The van der Waals surface area contributed by atoms with E-state index in [1.54, 1.807) is 35.5 Å². The number of piperazine rings is 1. The van der Waals surface area contributed by atoms with E-state index in [0.29, 0.717) is 36.0 Å². The van der Waals surface area contributed by atoms with Gasteiger partial charge in [-0.15, -0.1) is 11.3 Å². The van der Waals surface area contributed by atoms with Crippen LogP contribution in [0, 0.1) is 6.92 Å². The summed E-state index contributed by atoms with van der Waals surface area (Å²) in [4.78, 5) is 22.5. The minimum absolute atomic E-state index is 0.0921. The number of carbonyl (C=O) groups is 1. The fourth-order valence-corrected chi connectivity index (χ4v) is 5.92. The highest BCUT2D eigenvalue weighted by molar-refractivity contribution is 7.91. The van der Waals surface area contributed by atoms with E-state index >= 15 is 0 Å². The van der Waals surface area contributed by atoms with Crippen LogP contribution in [0.25, 0.3) is 11.0 Å². The van der Waals surface area contributed by atoms with Gasteiger partial charge >= 0.3 is 0 Å². The van der Waals surface area contributed by atoms with E-state index < -0.39 is 10.0 Å². The molecule has 1 aliphatic rings. The number of amides is 1. The van der Waals surface area contributed by atoms with Gasteiger partial charge in [-0.25, -0.2) is 13.4 Å². The molecule has 1 saturated heterocycles. The van der Waals surface area contributed by atoms with Crippen LogP contribution in [0.5, 0.6) is 0 Å². The lowest BCUT2D eigenvalue weighted by molar-refractivity contribution is 0.0698. The zero-order valence-corrected chi connectivity index (χ0v) is 15.8. The van der Waals surface area contributed by atoms with Crippen LogP contribution in [0.3, 0.4) is 0 Å². The molecule has 3 heterocycles. The first-order valence-electron chi connectivity index (χ1n) is 8.24. The predicted octanol–water partition coefficient (Wildman–Crippen LogP) is 2.08. The van der Waals surface area contributed by atoms with Gasteiger partial charge in [-0.05, 0) is 37.3 Å². The molecule has 1 amide bonds. The van der Waals surface area contributed by atoms with E-state index in [1.807, 2.05) is 13.0 Å². The van der Waals surface area contributed by atoms with Crippen molar-refractivity contribution in [2.45, 2.75) is 11.1 Å². The minimum atomic E-state index is -3.48. The number of rotatable bonds is 3. The number of nitrogens with zero attached hydrogens (tertiary/aromatic N) is 3. The summed E-state index contributed by atoms with van der Waals surface area (Å²) in [5.74, 6) is -0.0921. The zero-order chi connectivity index (χ0) is 18.3. The monoisotopic (exact) mass is 390 g/mol. The van der Waals surface area contributed by atoms with Gasteiger partial charge in [0, 0.05) is 36.6 Å². The van der Waals surface area contributed by atoms with E-state index in [4.69, 9.17) is 0 Å². The molecule has 7 nitrogen and oxygen atoms in total. The summed E-state index contributed by atoms with van der Waals surface area (Å²) in [5, 5.41) is 0. The predicted molar refractivity (Wildman–Crippen MR) is 99.8 cm³/mol. The number of aromatic nitrogens is 2. The lowest BCUT2D eigenvalue weighted by Gasteiger charge is -2.33. The number of nitrogens with one attached hydrogen (secondary N) is 1. The Morgan fingerprint density at radius 3 is 2.62 bits per heavy atom. The molecule has 0 atom stereocenters. The van der Waals surface area contributed by atoms with Crippen molar-refractivity contribution in [3.63, 3.8) is 0 Å². The molecule has 9 heteroatoms. The SMILES string of the molecule is Cc1ccc(S(=O)(=O)N2CCN(C(=O)c3ccc4nc[nH]c4c3)CC2)s1. The number of aromatic amines is 1. The molecule has 26 heavy (non-hydrogen) atoms. The largest absolute Gasteiger partial charge is 0.345 e. The Labute approximate surface area is 155 Å². The first-order valence-corrected chi connectivity index (χ1v) is 10.5. The lowest BCUT2D eigenvalue weighted by atomic mass is 10.1. The summed E-state index contributed by atoms with van der Waals surface area (Å²) in [6.45, 7) is 3.25. The van der Waals surface area contributed by atoms with Crippen LogP contribution >= 0.6 is 11.3 Å². The highest BCUT2D eigenvalue weighted by atomic mass is 32.2. The maximum Gasteiger partial charge on any atom is 0.254 e. The van der Waals surface area contributed by atoms with Crippen LogP contribution in [0.2, 0.25) is 0 Å². The topological polar surface area (TPSA) is 86.4 Å². The summed E-state index contributed by atoms with van der Waals surface area (Å²) in [6, 6.07) is 8.79. The maximum absolute atomic E-state index is 12.7. The number of hydrogen-bond donors (Lipinski definition) is 1. The highest BCUT2D eigenvalue weighted by Gasteiger charge is 2.31. The van der Waals surface area contributed by atoms with Crippen LogP contribution < -0.4 is 0 Å². The highest BCUT2D eigenvalue weighted by Crippen LogP contribution is 2.25. The number of hydrogen-bond acceptors (Lipinski definition) is 5. The van der Waals surface area contributed by atoms with Crippen molar-refractivity contribution in [1.29, 1.82) is 0 Å². The number of H-pyrrole nitrogens is 1. The van der Waals surface area contributed by atoms with Crippen molar-refractivity contribution in [2.75, 3.05) is 26.2 Å². The number of aryl methyl sites for hydroxylation is 1. The van der Waals surface area contributed by atoms with E-state index in [2.05, 4.69) is 9.97 Å². The van der Waals surface area contributed by atoms with Crippen LogP contribution in [0.4, 0.5) is 0 Å². The summed E-state index contributed by atoms with van der Waals surface area (Å²) in [5.41, 5.74) is 2.20. The number of carbonyl (C=O) groups excluding carboxylic acids is 1. The second-order valence-electron chi connectivity index (χ2n) is 6.20. The van der Waals surface area contributed by atoms with Gasteiger partial charge in [0.25, 0.3) is 15.9 Å². The Hall–Kier alpha value is -2.23. The number of benzene rings is 1. The summed E-state index contributed by atoms with van der Waals surface area (Å²) in [6.07, 6.45) is 1.59. The molecule has 0 bridgehead atoms.